The van der Waals surface area contributed by atoms with Gasteiger partial charge < -0.3 is 9.26 Å². The molecule has 0 aliphatic rings. The first kappa shape index (κ1) is 16.8. The Bertz CT molecular complexity index is 1080. The third kappa shape index (κ3) is 3.64. The van der Waals surface area contributed by atoms with Crippen molar-refractivity contribution in [2.24, 2.45) is 7.05 Å². The van der Waals surface area contributed by atoms with Crippen molar-refractivity contribution in [3.63, 3.8) is 0 Å². The molecular formula is C21H18N4O2. The maximum atomic E-state index is 5.35. The van der Waals surface area contributed by atoms with Crippen molar-refractivity contribution < 1.29 is 9.26 Å². The number of rotatable bonds is 5. The number of methoxy groups -OCH3 is 1. The van der Waals surface area contributed by atoms with Gasteiger partial charge in [0.1, 0.15) is 5.75 Å². The molecule has 0 aliphatic carbocycles. The summed E-state index contributed by atoms with van der Waals surface area (Å²) in [4.78, 5) is 4.46. The van der Waals surface area contributed by atoms with Crippen LogP contribution in [0.2, 0.25) is 0 Å². The topological polar surface area (TPSA) is 66.0 Å². The van der Waals surface area contributed by atoms with Crippen LogP contribution in [0, 0.1) is 0 Å². The Morgan fingerprint density at radius 3 is 2.56 bits per heavy atom. The number of aromatic nitrogens is 4. The molecular weight excluding hydrogens is 340 g/mol. The summed E-state index contributed by atoms with van der Waals surface area (Å²) in [5.74, 6) is 1.82. The van der Waals surface area contributed by atoms with Crippen molar-refractivity contribution in [2.75, 3.05) is 7.11 Å². The quantitative estimate of drug-likeness (QED) is 0.532. The lowest BCUT2D eigenvalue weighted by molar-refractivity contribution is 0.411. The maximum Gasteiger partial charge on any atom is 0.250 e. The molecule has 0 bridgehead atoms. The Morgan fingerprint density at radius 1 is 1.00 bits per heavy atom. The highest BCUT2D eigenvalue weighted by Gasteiger charge is 2.09. The standard InChI is InChI=1S/C21H18N4O2/c1-25-19(12-13-22-25)16-4-3-5-17(14-16)21-23-20(27-24-21)11-8-15-6-9-18(26-2)10-7-15/h3-14H,1-2H3/b11-8+. The predicted molar refractivity (Wildman–Crippen MR) is 104 cm³/mol. The molecule has 0 radical (unpaired) electrons. The summed E-state index contributed by atoms with van der Waals surface area (Å²) in [5.41, 5.74) is 3.99. The molecule has 0 saturated heterocycles. The summed E-state index contributed by atoms with van der Waals surface area (Å²) in [7, 11) is 3.56. The molecule has 0 N–H and O–H groups in total. The maximum absolute atomic E-state index is 5.35. The Hall–Kier alpha value is -3.67. The largest absolute Gasteiger partial charge is 0.497 e. The van der Waals surface area contributed by atoms with Crippen molar-refractivity contribution in [3.05, 3.63) is 72.2 Å². The third-order valence-corrected chi connectivity index (χ3v) is 4.21. The van der Waals surface area contributed by atoms with Gasteiger partial charge in [-0.3, -0.25) is 4.68 Å². The summed E-state index contributed by atoms with van der Waals surface area (Å²) >= 11 is 0. The fourth-order valence-electron chi connectivity index (χ4n) is 2.78. The van der Waals surface area contributed by atoms with E-state index < -0.39 is 0 Å². The van der Waals surface area contributed by atoms with E-state index in [0.717, 1.165) is 28.1 Å². The molecule has 0 fully saturated rings. The zero-order valence-corrected chi connectivity index (χ0v) is 15.0. The molecule has 2 aromatic carbocycles. The first-order chi connectivity index (χ1) is 13.2. The predicted octanol–water partition coefficient (Wildman–Crippen LogP) is 4.32. The van der Waals surface area contributed by atoms with Gasteiger partial charge in [0.2, 0.25) is 5.82 Å². The summed E-state index contributed by atoms with van der Waals surface area (Å²) < 4.78 is 12.3. The Labute approximate surface area is 156 Å². The van der Waals surface area contributed by atoms with Gasteiger partial charge in [-0.05, 0) is 35.9 Å². The van der Waals surface area contributed by atoms with Crippen LogP contribution < -0.4 is 4.74 Å². The second-order valence-corrected chi connectivity index (χ2v) is 5.98. The smallest absolute Gasteiger partial charge is 0.250 e. The normalized spacial score (nSPS) is 11.2. The van der Waals surface area contributed by atoms with Crippen molar-refractivity contribution in [3.8, 4) is 28.4 Å². The molecule has 2 heterocycles. The molecule has 0 unspecified atom stereocenters. The average Bonchev–Trinajstić information content (AvgIpc) is 3.36. The summed E-state index contributed by atoms with van der Waals surface area (Å²) in [6.07, 6.45) is 5.49. The highest BCUT2D eigenvalue weighted by atomic mass is 16.5. The highest BCUT2D eigenvalue weighted by molar-refractivity contribution is 5.70. The third-order valence-electron chi connectivity index (χ3n) is 4.21. The van der Waals surface area contributed by atoms with E-state index in [4.69, 9.17) is 9.26 Å². The van der Waals surface area contributed by atoms with Crippen LogP contribution in [0.4, 0.5) is 0 Å². The molecule has 6 nitrogen and oxygen atoms in total. The number of ether oxygens (including phenoxy) is 1. The van der Waals surface area contributed by atoms with E-state index >= 15 is 0 Å². The van der Waals surface area contributed by atoms with Crippen LogP contribution in [0.15, 0.2) is 65.3 Å². The lowest BCUT2D eigenvalue weighted by Crippen LogP contribution is -1.93. The van der Waals surface area contributed by atoms with Gasteiger partial charge in [-0.15, -0.1) is 0 Å². The zero-order chi connectivity index (χ0) is 18.6. The molecule has 0 saturated carbocycles. The van der Waals surface area contributed by atoms with Gasteiger partial charge in [0, 0.05) is 30.4 Å². The molecule has 0 spiro atoms. The minimum Gasteiger partial charge on any atom is -0.497 e. The Morgan fingerprint density at radius 2 is 1.81 bits per heavy atom. The van der Waals surface area contributed by atoms with Gasteiger partial charge in [0.05, 0.1) is 12.8 Å². The second kappa shape index (κ2) is 7.29. The number of hydrogen-bond donors (Lipinski definition) is 0. The van der Waals surface area contributed by atoms with Gasteiger partial charge >= 0.3 is 0 Å². The van der Waals surface area contributed by atoms with Crippen LogP contribution in [-0.4, -0.2) is 27.0 Å². The number of hydrogen-bond acceptors (Lipinski definition) is 5. The summed E-state index contributed by atoms with van der Waals surface area (Å²) in [6.45, 7) is 0. The van der Waals surface area contributed by atoms with E-state index in [9.17, 15) is 0 Å². The molecule has 0 amide bonds. The number of nitrogens with zero attached hydrogens (tertiary/aromatic N) is 4. The van der Waals surface area contributed by atoms with Gasteiger partial charge in [-0.1, -0.05) is 35.5 Å². The molecule has 2 aromatic heterocycles. The molecule has 4 rings (SSSR count). The molecule has 0 atom stereocenters. The zero-order valence-electron chi connectivity index (χ0n) is 15.0. The molecule has 27 heavy (non-hydrogen) atoms. The van der Waals surface area contributed by atoms with Crippen LogP contribution in [-0.2, 0) is 7.05 Å². The monoisotopic (exact) mass is 358 g/mol. The Balaban J connectivity index is 1.55. The minimum atomic E-state index is 0.451. The fraction of sp³-hybridized carbons (Fsp3) is 0.0952. The van der Waals surface area contributed by atoms with Crippen LogP contribution in [0.3, 0.4) is 0 Å². The first-order valence-corrected chi connectivity index (χ1v) is 8.47. The summed E-state index contributed by atoms with van der Waals surface area (Å²) in [6, 6.07) is 17.7. The van der Waals surface area contributed by atoms with Crippen LogP contribution in [0.1, 0.15) is 11.5 Å². The van der Waals surface area contributed by atoms with E-state index in [2.05, 4.69) is 15.2 Å². The highest BCUT2D eigenvalue weighted by Crippen LogP contribution is 2.24. The Kier molecular flexibility index (Phi) is 4.53. The van der Waals surface area contributed by atoms with Crippen LogP contribution in [0.25, 0.3) is 34.8 Å². The van der Waals surface area contributed by atoms with Gasteiger partial charge in [-0.25, -0.2) is 0 Å². The molecule has 6 heteroatoms. The average molecular weight is 358 g/mol. The van der Waals surface area contributed by atoms with Gasteiger partial charge in [0.15, 0.2) is 0 Å². The second-order valence-electron chi connectivity index (χ2n) is 5.98. The van der Waals surface area contributed by atoms with E-state index in [1.807, 2.05) is 72.4 Å². The van der Waals surface area contributed by atoms with Crippen molar-refractivity contribution in [2.45, 2.75) is 0 Å². The fourth-order valence-corrected chi connectivity index (χ4v) is 2.78. The molecule has 4 aromatic rings. The summed E-state index contributed by atoms with van der Waals surface area (Å²) in [5, 5.41) is 8.30. The van der Waals surface area contributed by atoms with Crippen molar-refractivity contribution >= 4 is 12.2 Å². The SMILES string of the molecule is COc1ccc(/C=C/c2nc(-c3cccc(-c4ccnn4C)c3)no2)cc1. The number of aryl methyl sites for hydroxylation is 1. The van der Waals surface area contributed by atoms with Crippen molar-refractivity contribution in [1.29, 1.82) is 0 Å². The van der Waals surface area contributed by atoms with E-state index in [1.165, 1.54) is 0 Å². The number of benzene rings is 2. The molecule has 0 aliphatic heterocycles. The minimum absolute atomic E-state index is 0.451. The van der Waals surface area contributed by atoms with E-state index in [0.29, 0.717) is 11.7 Å². The molecule has 134 valence electrons. The van der Waals surface area contributed by atoms with Crippen LogP contribution in [0.5, 0.6) is 5.75 Å². The van der Waals surface area contributed by atoms with Crippen LogP contribution >= 0.6 is 0 Å². The lowest BCUT2D eigenvalue weighted by Gasteiger charge is -2.03. The van der Waals surface area contributed by atoms with Gasteiger partial charge in [-0.2, -0.15) is 10.1 Å². The lowest BCUT2D eigenvalue weighted by atomic mass is 10.1. The van der Waals surface area contributed by atoms with Gasteiger partial charge in [0.25, 0.3) is 5.89 Å². The van der Waals surface area contributed by atoms with E-state index in [-0.39, 0.29) is 0 Å². The first-order valence-electron chi connectivity index (χ1n) is 8.47. The van der Waals surface area contributed by atoms with E-state index in [1.54, 1.807) is 19.4 Å². The van der Waals surface area contributed by atoms with Crippen molar-refractivity contribution in [1.82, 2.24) is 19.9 Å².